The lowest BCUT2D eigenvalue weighted by Gasteiger charge is -2.28. The van der Waals surface area contributed by atoms with Gasteiger partial charge in [0.25, 0.3) is 5.91 Å². The predicted molar refractivity (Wildman–Crippen MR) is 93.9 cm³/mol. The molecule has 2 heterocycles. The molecule has 0 radical (unpaired) electrons. The zero-order chi connectivity index (χ0) is 17.6. The predicted octanol–water partition coefficient (Wildman–Crippen LogP) is 2.50. The molecule has 1 unspecified atom stereocenters. The van der Waals surface area contributed by atoms with Gasteiger partial charge in [-0.1, -0.05) is 12.1 Å². The summed E-state index contributed by atoms with van der Waals surface area (Å²) in [4.78, 5) is 14.5. The molecule has 3 rings (SSSR count). The van der Waals surface area contributed by atoms with Crippen molar-refractivity contribution in [3.05, 3.63) is 54.1 Å². The standard InChI is InChI=1S/C19H24FN3O2/c1-22-10-6-8-16(22)17(23-11-4-5-12-23)13-21-19(24)14-25-18-9-3-2-7-15(18)20/h2-3,6-10,17H,4-5,11-14H2,1H3,(H,21,24). The Kier molecular flexibility index (Phi) is 5.71. The van der Waals surface area contributed by atoms with Gasteiger partial charge in [0.1, 0.15) is 0 Å². The van der Waals surface area contributed by atoms with E-state index in [1.807, 2.05) is 19.3 Å². The number of rotatable bonds is 7. The number of carbonyl (C=O) groups is 1. The number of ether oxygens (including phenoxy) is 1. The van der Waals surface area contributed by atoms with Gasteiger partial charge in [-0.25, -0.2) is 4.39 Å². The van der Waals surface area contributed by atoms with Gasteiger partial charge in [-0.3, -0.25) is 9.69 Å². The van der Waals surface area contributed by atoms with Crippen molar-refractivity contribution in [3.8, 4) is 5.75 Å². The van der Waals surface area contributed by atoms with E-state index in [4.69, 9.17) is 4.74 Å². The summed E-state index contributed by atoms with van der Waals surface area (Å²) in [5, 5.41) is 2.92. The fraction of sp³-hybridized carbons (Fsp3) is 0.421. The third-order valence-corrected chi connectivity index (χ3v) is 4.59. The Balaban J connectivity index is 1.56. The topological polar surface area (TPSA) is 46.5 Å². The Hall–Kier alpha value is -2.34. The molecule has 2 aromatic rings. The van der Waals surface area contributed by atoms with Crippen LogP contribution in [0.5, 0.6) is 5.75 Å². The van der Waals surface area contributed by atoms with Crippen LogP contribution < -0.4 is 10.1 Å². The minimum Gasteiger partial charge on any atom is -0.481 e. The van der Waals surface area contributed by atoms with Crippen LogP contribution in [0.1, 0.15) is 24.6 Å². The van der Waals surface area contributed by atoms with Crippen LogP contribution in [0.25, 0.3) is 0 Å². The highest BCUT2D eigenvalue weighted by Gasteiger charge is 2.25. The summed E-state index contributed by atoms with van der Waals surface area (Å²) in [6, 6.07) is 10.3. The van der Waals surface area contributed by atoms with E-state index in [1.54, 1.807) is 12.1 Å². The quantitative estimate of drug-likeness (QED) is 0.839. The Morgan fingerprint density at radius 1 is 1.24 bits per heavy atom. The maximum Gasteiger partial charge on any atom is 0.258 e. The molecule has 5 nitrogen and oxygen atoms in total. The molecule has 1 N–H and O–H groups in total. The van der Waals surface area contributed by atoms with Crippen LogP contribution >= 0.6 is 0 Å². The number of benzene rings is 1. The third kappa shape index (κ3) is 4.39. The molecule has 1 aromatic carbocycles. The number of halogens is 1. The van der Waals surface area contributed by atoms with Crippen LogP contribution in [0, 0.1) is 5.82 Å². The van der Waals surface area contributed by atoms with Crippen molar-refractivity contribution in [2.75, 3.05) is 26.2 Å². The molecule has 1 amide bonds. The molecule has 6 heteroatoms. The second-order valence-electron chi connectivity index (χ2n) is 6.33. The van der Waals surface area contributed by atoms with Crippen LogP contribution in [0.4, 0.5) is 4.39 Å². The normalized spacial score (nSPS) is 15.9. The van der Waals surface area contributed by atoms with E-state index in [1.165, 1.54) is 30.7 Å². The Bertz CT molecular complexity index is 710. The molecule has 25 heavy (non-hydrogen) atoms. The first-order chi connectivity index (χ1) is 12.1. The molecule has 0 aliphatic carbocycles. The summed E-state index contributed by atoms with van der Waals surface area (Å²) in [5.41, 5.74) is 1.18. The van der Waals surface area contributed by atoms with Gasteiger partial charge in [0, 0.05) is 25.5 Å². The van der Waals surface area contributed by atoms with E-state index in [9.17, 15) is 9.18 Å². The van der Waals surface area contributed by atoms with Crippen LogP contribution in [0.3, 0.4) is 0 Å². The van der Waals surface area contributed by atoms with Crippen LogP contribution in [0.15, 0.2) is 42.6 Å². The van der Waals surface area contributed by atoms with Gasteiger partial charge in [-0.05, 0) is 50.2 Å². The average Bonchev–Trinajstić information content (AvgIpc) is 3.27. The summed E-state index contributed by atoms with van der Waals surface area (Å²) in [6.45, 7) is 2.40. The number of nitrogens with zero attached hydrogens (tertiary/aromatic N) is 2. The maximum absolute atomic E-state index is 13.5. The molecule has 1 saturated heterocycles. The van der Waals surface area contributed by atoms with Gasteiger partial charge in [0.15, 0.2) is 18.2 Å². The van der Waals surface area contributed by atoms with Crippen molar-refractivity contribution in [1.82, 2.24) is 14.8 Å². The summed E-state index contributed by atoms with van der Waals surface area (Å²) >= 11 is 0. The number of hydrogen-bond acceptors (Lipinski definition) is 3. The van der Waals surface area contributed by atoms with Crippen LogP contribution in [-0.2, 0) is 11.8 Å². The second kappa shape index (κ2) is 8.16. The Labute approximate surface area is 147 Å². The molecular formula is C19H24FN3O2. The lowest BCUT2D eigenvalue weighted by atomic mass is 10.1. The molecule has 1 aliphatic rings. The van der Waals surface area contributed by atoms with Gasteiger partial charge in [-0.15, -0.1) is 0 Å². The van der Waals surface area contributed by atoms with Crippen molar-refractivity contribution in [1.29, 1.82) is 0 Å². The molecular weight excluding hydrogens is 321 g/mol. The van der Waals surface area contributed by atoms with Crippen LogP contribution in [0.2, 0.25) is 0 Å². The van der Waals surface area contributed by atoms with Crippen molar-refractivity contribution < 1.29 is 13.9 Å². The van der Waals surface area contributed by atoms with E-state index in [2.05, 4.69) is 20.9 Å². The monoisotopic (exact) mass is 345 g/mol. The van der Waals surface area contributed by atoms with E-state index >= 15 is 0 Å². The number of likely N-dealkylation sites (tertiary alicyclic amines) is 1. The van der Waals surface area contributed by atoms with Crippen molar-refractivity contribution in [2.45, 2.75) is 18.9 Å². The van der Waals surface area contributed by atoms with Crippen molar-refractivity contribution in [2.24, 2.45) is 7.05 Å². The summed E-state index contributed by atoms with van der Waals surface area (Å²) in [6.07, 6.45) is 4.39. The number of hydrogen-bond donors (Lipinski definition) is 1. The van der Waals surface area contributed by atoms with Crippen LogP contribution in [-0.4, -0.2) is 41.6 Å². The van der Waals surface area contributed by atoms with Gasteiger partial charge < -0.3 is 14.6 Å². The van der Waals surface area contributed by atoms with E-state index in [-0.39, 0.29) is 24.3 Å². The third-order valence-electron chi connectivity index (χ3n) is 4.59. The number of para-hydroxylation sites is 1. The molecule has 1 fully saturated rings. The van der Waals surface area contributed by atoms with Crippen molar-refractivity contribution in [3.63, 3.8) is 0 Å². The van der Waals surface area contributed by atoms with E-state index < -0.39 is 5.82 Å². The molecule has 1 aromatic heterocycles. The molecule has 1 atom stereocenters. The Morgan fingerprint density at radius 3 is 2.68 bits per heavy atom. The highest BCUT2D eigenvalue weighted by Crippen LogP contribution is 2.24. The van der Waals surface area contributed by atoms with Crippen molar-refractivity contribution >= 4 is 5.91 Å². The zero-order valence-electron chi connectivity index (χ0n) is 14.5. The SMILES string of the molecule is Cn1cccc1C(CNC(=O)COc1ccccc1F)N1CCCC1. The van der Waals surface area contributed by atoms with Gasteiger partial charge >= 0.3 is 0 Å². The average molecular weight is 345 g/mol. The van der Waals surface area contributed by atoms with E-state index in [0.717, 1.165) is 13.1 Å². The smallest absolute Gasteiger partial charge is 0.258 e. The minimum atomic E-state index is -0.464. The van der Waals surface area contributed by atoms with E-state index in [0.29, 0.717) is 6.54 Å². The number of nitrogens with one attached hydrogen (secondary N) is 1. The summed E-state index contributed by atoms with van der Waals surface area (Å²) in [5.74, 6) is -0.619. The summed E-state index contributed by atoms with van der Waals surface area (Å²) in [7, 11) is 2.02. The fourth-order valence-corrected chi connectivity index (χ4v) is 3.26. The first kappa shape index (κ1) is 17.5. The minimum absolute atomic E-state index is 0.0937. The zero-order valence-corrected chi connectivity index (χ0v) is 14.5. The first-order valence-electron chi connectivity index (χ1n) is 8.64. The number of aryl methyl sites for hydroxylation is 1. The Morgan fingerprint density at radius 2 is 2.00 bits per heavy atom. The second-order valence-corrected chi connectivity index (χ2v) is 6.33. The van der Waals surface area contributed by atoms with Gasteiger partial charge in [0.2, 0.25) is 0 Å². The number of aromatic nitrogens is 1. The molecule has 0 saturated carbocycles. The van der Waals surface area contributed by atoms with Gasteiger partial charge in [0.05, 0.1) is 6.04 Å². The van der Waals surface area contributed by atoms with Gasteiger partial charge in [-0.2, -0.15) is 0 Å². The lowest BCUT2D eigenvalue weighted by Crippen LogP contribution is -2.39. The number of amides is 1. The molecule has 0 spiro atoms. The highest BCUT2D eigenvalue weighted by molar-refractivity contribution is 5.77. The largest absolute Gasteiger partial charge is 0.481 e. The molecule has 1 aliphatic heterocycles. The molecule has 134 valence electrons. The molecule has 0 bridgehead atoms. The lowest BCUT2D eigenvalue weighted by molar-refractivity contribution is -0.123. The first-order valence-corrected chi connectivity index (χ1v) is 8.64. The fourth-order valence-electron chi connectivity index (χ4n) is 3.26. The highest BCUT2D eigenvalue weighted by atomic mass is 19.1. The number of carbonyl (C=O) groups excluding carboxylic acids is 1. The maximum atomic E-state index is 13.5. The summed E-state index contributed by atoms with van der Waals surface area (Å²) < 4.78 is 20.9.